The molecule has 0 aliphatic carbocycles. The van der Waals surface area contributed by atoms with Gasteiger partial charge in [-0.25, -0.2) is 0 Å². The summed E-state index contributed by atoms with van der Waals surface area (Å²) >= 11 is 0. The molecule has 22 heavy (non-hydrogen) atoms. The molecule has 1 aromatic rings. The second-order valence-corrected chi connectivity index (χ2v) is 5.10. The van der Waals surface area contributed by atoms with Crippen LogP contribution in [0.5, 0.6) is 11.5 Å². The molecule has 1 aromatic carbocycles. The summed E-state index contributed by atoms with van der Waals surface area (Å²) in [6.07, 6.45) is 0.460. The maximum atomic E-state index is 12.4. The molecule has 1 aliphatic heterocycles. The van der Waals surface area contributed by atoms with Crippen molar-refractivity contribution < 1.29 is 19.8 Å². The summed E-state index contributed by atoms with van der Waals surface area (Å²) in [5, 5.41) is 27.5. The van der Waals surface area contributed by atoms with Crippen LogP contribution in [0.25, 0.3) is 0 Å². The highest BCUT2D eigenvalue weighted by Crippen LogP contribution is 2.22. The van der Waals surface area contributed by atoms with Gasteiger partial charge in [0.2, 0.25) is 5.91 Å². The predicted molar refractivity (Wildman–Crippen MR) is 77.1 cm³/mol. The maximum absolute atomic E-state index is 12.4. The van der Waals surface area contributed by atoms with Crippen molar-refractivity contribution in [2.24, 2.45) is 0 Å². The molecule has 1 aliphatic rings. The first-order chi connectivity index (χ1) is 10.5. The van der Waals surface area contributed by atoms with Crippen molar-refractivity contribution in [1.29, 1.82) is 5.26 Å². The fraction of sp³-hybridized carbons (Fsp3) is 0.400. The summed E-state index contributed by atoms with van der Waals surface area (Å²) in [6, 6.07) is 5.58. The van der Waals surface area contributed by atoms with Gasteiger partial charge in [0.1, 0.15) is 17.9 Å². The summed E-state index contributed by atoms with van der Waals surface area (Å²) in [7, 11) is 0. The zero-order valence-corrected chi connectivity index (χ0v) is 12.0. The largest absolute Gasteiger partial charge is 0.508 e. The van der Waals surface area contributed by atoms with Crippen molar-refractivity contribution in [3.05, 3.63) is 23.8 Å². The molecule has 0 aromatic heterocycles. The van der Waals surface area contributed by atoms with Crippen molar-refractivity contribution in [1.82, 2.24) is 9.80 Å². The first-order valence-electron chi connectivity index (χ1n) is 6.98. The third kappa shape index (κ3) is 3.67. The number of nitrogens with zero attached hydrogens (tertiary/aromatic N) is 3. The number of rotatable bonds is 2. The summed E-state index contributed by atoms with van der Waals surface area (Å²) in [5.41, 5.74) is 0.203. The summed E-state index contributed by atoms with van der Waals surface area (Å²) in [4.78, 5) is 27.3. The Bertz CT molecular complexity index is 603. The van der Waals surface area contributed by atoms with Crippen LogP contribution >= 0.6 is 0 Å². The van der Waals surface area contributed by atoms with Crippen LogP contribution in [0.3, 0.4) is 0 Å². The first-order valence-corrected chi connectivity index (χ1v) is 6.98. The van der Waals surface area contributed by atoms with E-state index < -0.39 is 0 Å². The highest BCUT2D eigenvalue weighted by Gasteiger charge is 2.23. The Hall–Kier alpha value is -2.75. The smallest absolute Gasteiger partial charge is 0.254 e. The van der Waals surface area contributed by atoms with E-state index in [4.69, 9.17) is 5.26 Å². The van der Waals surface area contributed by atoms with Crippen LogP contribution in [0, 0.1) is 11.3 Å². The highest BCUT2D eigenvalue weighted by atomic mass is 16.3. The van der Waals surface area contributed by atoms with Crippen LogP contribution in [0.4, 0.5) is 0 Å². The maximum Gasteiger partial charge on any atom is 0.254 e. The van der Waals surface area contributed by atoms with Crippen LogP contribution in [0.1, 0.15) is 23.2 Å². The minimum atomic E-state index is -0.305. The standard InChI is InChI=1S/C15H17N3O4/c16-3-2-14(21)17-4-1-5-18(7-6-17)15(22)11-8-12(19)10-13(20)9-11/h8-10,19-20H,1-2,4-7H2. The van der Waals surface area contributed by atoms with Gasteiger partial charge in [-0.1, -0.05) is 0 Å². The number of aromatic hydroxyl groups is 2. The molecule has 1 heterocycles. The SMILES string of the molecule is N#CCC(=O)N1CCCN(C(=O)c2cc(O)cc(O)c2)CC1. The van der Waals surface area contributed by atoms with Crippen molar-refractivity contribution in [3.63, 3.8) is 0 Å². The third-order valence-corrected chi connectivity index (χ3v) is 3.52. The molecule has 0 atom stereocenters. The van der Waals surface area contributed by atoms with Gasteiger partial charge in [0.15, 0.2) is 0 Å². The van der Waals surface area contributed by atoms with Crippen molar-refractivity contribution >= 4 is 11.8 Å². The van der Waals surface area contributed by atoms with E-state index in [0.29, 0.717) is 32.6 Å². The minimum absolute atomic E-state index is 0.158. The predicted octanol–water partition coefficient (Wildman–Crippen LogP) is 0.686. The summed E-state index contributed by atoms with van der Waals surface area (Å²) in [6.45, 7) is 1.71. The quantitative estimate of drug-likeness (QED) is 0.836. The van der Waals surface area contributed by atoms with Crippen LogP contribution in [0.2, 0.25) is 0 Å². The highest BCUT2D eigenvalue weighted by molar-refractivity contribution is 5.95. The van der Waals surface area contributed by atoms with Gasteiger partial charge < -0.3 is 20.0 Å². The minimum Gasteiger partial charge on any atom is -0.508 e. The Morgan fingerprint density at radius 3 is 2.27 bits per heavy atom. The molecule has 116 valence electrons. The molecule has 0 radical (unpaired) electrons. The van der Waals surface area contributed by atoms with E-state index in [1.165, 1.54) is 12.1 Å². The Balaban J connectivity index is 2.06. The fourth-order valence-electron chi connectivity index (χ4n) is 2.45. The number of phenols is 2. The first kappa shape index (κ1) is 15.6. The molecule has 0 spiro atoms. The van der Waals surface area contributed by atoms with Crippen LogP contribution < -0.4 is 0 Å². The second-order valence-electron chi connectivity index (χ2n) is 5.10. The third-order valence-electron chi connectivity index (χ3n) is 3.52. The Labute approximate surface area is 128 Å². The van der Waals surface area contributed by atoms with E-state index >= 15 is 0 Å². The Kier molecular flexibility index (Phi) is 4.84. The lowest BCUT2D eigenvalue weighted by atomic mass is 10.1. The van der Waals surface area contributed by atoms with E-state index in [0.717, 1.165) is 6.07 Å². The number of carbonyl (C=O) groups is 2. The number of hydrogen-bond acceptors (Lipinski definition) is 5. The second kappa shape index (κ2) is 6.80. The van der Waals surface area contributed by atoms with Crippen LogP contribution in [-0.4, -0.2) is 58.0 Å². The molecule has 2 rings (SSSR count). The summed E-state index contributed by atoms with van der Waals surface area (Å²) in [5.74, 6) is -0.888. The van der Waals surface area contributed by atoms with E-state index in [1.54, 1.807) is 9.80 Å². The van der Waals surface area contributed by atoms with Crippen molar-refractivity contribution in [2.45, 2.75) is 12.8 Å². The topological polar surface area (TPSA) is 105 Å². The van der Waals surface area contributed by atoms with Crippen LogP contribution in [-0.2, 0) is 4.79 Å². The molecule has 2 N–H and O–H groups in total. The average Bonchev–Trinajstić information content (AvgIpc) is 2.71. The lowest BCUT2D eigenvalue weighted by Gasteiger charge is -2.21. The van der Waals surface area contributed by atoms with E-state index in [1.807, 2.05) is 6.07 Å². The molecule has 0 bridgehead atoms. The van der Waals surface area contributed by atoms with Crippen molar-refractivity contribution in [2.75, 3.05) is 26.2 Å². The molecular formula is C15H17N3O4. The van der Waals surface area contributed by atoms with Gasteiger partial charge in [0.25, 0.3) is 5.91 Å². The molecule has 1 fully saturated rings. The fourth-order valence-corrected chi connectivity index (χ4v) is 2.45. The average molecular weight is 303 g/mol. The Morgan fingerprint density at radius 1 is 1.05 bits per heavy atom. The number of carbonyl (C=O) groups excluding carboxylic acids is 2. The molecule has 7 nitrogen and oxygen atoms in total. The van der Waals surface area contributed by atoms with Crippen molar-refractivity contribution in [3.8, 4) is 17.6 Å². The number of benzene rings is 1. The summed E-state index contributed by atoms with van der Waals surface area (Å²) < 4.78 is 0. The Morgan fingerprint density at radius 2 is 1.64 bits per heavy atom. The van der Waals surface area contributed by atoms with Gasteiger partial charge in [-0.2, -0.15) is 5.26 Å². The number of amides is 2. The monoisotopic (exact) mass is 303 g/mol. The lowest BCUT2D eigenvalue weighted by Crippen LogP contribution is -2.37. The molecule has 1 saturated heterocycles. The normalized spacial score (nSPS) is 15.0. The van der Waals surface area contributed by atoms with Gasteiger partial charge in [0, 0.05) is 37.8 Å². The number of nitriles is 1. The van der Waals surface area contributed by atoms with Gasteiger partial charge in [-0.05, 0) is 18.6 Å². The van der Waals surface area contributed by atoms with Gasteiger partial charge in [-0.3, -0.25) is 9.59 Å². The molecular weight excluding hydrogens is 286 g/mol. The van der Waals surface area contributed by atoms with E-state index in [9.17, 15) is 19.8 Å². The molecule has 0 saturated carbocycles. The zero-order valence-electron chi connectivity index (χ0n) is 12.0. The molecule has 7 heteroatoms. The molecule has 0 unspecified atom stereocenters. The van der Waals surface area contributed by atoms with E-state index in [-0.39, 0.29) is 35.3 Å². The molecule has 2 amide bonds. The van der Waals surface area contributed by atoms with Gasteiger partial charge in [-0.15, -0.1) is 0 Å². The lowest BCUT2D eigenvalue weighted by molar-refractivity contribution is -0.130. The van der Waals surface area contributed by atoms with Crippen LogP contribution in [0.15, 0.2) is 18.2 Å². The van der Waals surface area contributed by atoms with Gasteiger partial charge >= 0.3 is 0 Å². The van der Waals surface area contributed by atoms with E-state index in [2.05, 4.69) is 0 Å². The zero-order chi connectivity index (χ0) is 16.1. The number of phenolic OH excluding ortho intramolecular Hbond substituents is 2. The number of hydrogen-bond donors (Lipinski definition) is 2. The van der Waals surface area contributed by atoms with Gasteiger partial charge in [0.05, 0.1) is 6.07 Å².